The number of nitrogens with zero attached hydrogens (tertiary/aromatic N) is 3. The van der Waals surface area contributed by atoms with Gasteiger partial charge in [0.05, 0.1) is 6.54 Å². The molecule has 0 aliphatic carbocycles. The number of oxazole rings is 1. The van der Waals surface area contributed by atoms with Gasteiger partial charge in [0.15, 0.2) is 5.58 Å². The Hall–Kier alpha value is -2.38. The van der Waals surface area contributed by atoms with Crippen molar-refractivity contribution in [1.82, 2.24) is 14.8 Å². The zero-order chi connectivity index (χ0) is 18.8. The van der Waals surface area contributed by atoms with Crippen molar-refractivity contribution in [3.8, 4) is 0 Å². The Labute approximate surface area is 166 Å². The van der Waals surface area contributed by atoms with Crippen molar-refractivity contribution < 1.29 is 9.21 Å². The van der Waals surface area contributed by atoms with Gasteiger partial charge in [-0.25, -0.2) is 9.78 Å². The van der Waals surface area contributed by atoms with Gasteiger partial charge in [0, 0.05) is 36.3 Å². The normalized spacial score (nSPS) is 15.3. The molecular formula is C20H21BrN4O2. The van der Waals surface area contributed by atoms with E-state index in [1.54, 1.807) is 0 Å². The number of benzene rings is 2. The summed E-state index contributed by atoms with van der Waals surface area (Å²) in [6.07, 6.45) is 0. The minimum Gasteiger partial charge on any atom is -0.439 e. The van der Waals surface area contributed by atoms with Gasteiger partial charge < -0.3 is 14.6 Å². The number of carbonyl (C=O) groups excluding carboxylic acids is 1. The van der Waals surface area contributed by atoms with Crippen molar-refractivity contribution in [2.24, 2.45) is 0 Å². The third-order valence-electron chi connectivity index (χ3n) is 4.68. The highest BCUT2D eigenvalue weighted by molar-refractivity contribution is 9.10. The number of anilines is 1. The highest BCUT2D eigenvalue weighted by Crippen LogP contribution is 2.19. The Bertz CT molecular complexity index is 964. The molecule has 4 rings (SSSR count). The van der Waals surface area contributed by atoms with Gasteiger partial charge in [-0.05, 0) is 42.8 Å². The average Bonchev–Trinajstić information content (AvgIpc) is 3.03. The molecule has 1 aliphatic heterocycles. The van der Waals surface area contributed by atoms with Gasteiger partial charge in [-0.2, -0.15) is 0 Å². The lowest BCUT2D eigenvalue weighted by atomic mass is 10.2. The van der Waals surface area contributed by atoms with Crippen LogP contribution in [-0.2, 0) is 6.54 Å². The minimum absolute atomic E-state index is 0.0647. The van der Waals surface area contributed by atoms with Crippen LogP contribution in [0.3, 0.4) is 0 Å². The second-order valence-electron chi connectivity index (χ2n) is 6.78. The fourth-order valence-electron chi connectivity index (χ4n) is 3.22. The predicted molar refractivity (Wildman–Crippen MR) is 109 cm³/mol. The highest BCUT2D eigenvalue weighted by atomic mass is 79.9. The summed E-state index contributed by atoms with van der Waals surface area (Å²) in [6, 6.07) is 13.6. The van der Waals surface area contributed by atoms with Crippen LogP contribution in [-0.4, -0.2) is 47.0 Å². The summed E-state index contributed by atoms with van der Waals surface area (Å²) in [5.41, 5.74) is 3.67. The van der Waals surface area contributed by atoms with E-state index in [2.05, 4.69) is 31.1 Å². The zero-order valence-corrected chi connectivity index (χ0v) is 16.7. The summed E-state index contributed by atoms with van der Waals surface area (Å²) >= 11 is 3.42. The van der Waals surface area contributed by atoms with Crippen molar-refractivity contribution in [3.63, 3.8) is 0 Å². The number of urea groups is 1. The Morgan fingerprint density at radius 3 is 2.78 bits per heavy atom. The Morgan fingerprint density at radius 1 is 1.19 bits per heavy atom. The molecule has 3 aromatic rings. The highest BCUT2D eigenvalue weighted by Gasteiger charge is 2.22. The second kappa shape index (κ2) is 7.70. The molecule has 1 fully saturated rings. The van der Waals surface area contributed by atoms with Crippen LogP contribution in [0.2, 0.25) is 0 Å². The van der Waals surface area contributed by atoms with E-state index in [0.29, 0.717) is 19.6 Å². The molecule has 1 saturated heterocycles. The van der Waals surface area contributed by atoms with Gasteiger partial charge in [-0.3, -0.25) is 4.90 Å². The molecule has 7 heteroatoms. The molecule has 2 heterocycles. The molecule has 1 N–H and O–H groups in total. The third kappa shape index (κ3) is 4.31. The van der Waals surface area contributed by atoms with E-state index in [9.17, 15) is 4.79 Å². The monoisotopic (exact) mass is 428 g/mol. The number of aromatic nitrogens is 1. The fourth-order valence-corrected chi connectivity index (χ4v) is 3.62. The molecule has 6 nitrogen and oxygen atoms in total. The number of hydrogen-bond donors (Lipinski definition) is 1. The number of amides is 2. The summed E-state index contributed by atoms with van der Waals surface area (Å²) in [4.78, 5) is 21.1. The first-order valence-corrected chi connectivity index (χ1v) is 9.76. The van der Waals surface area contributed by atoms with Crippen LogP contribution in [0.4, 0.5) is 10.5 Å². The SMILES string of the molecule is Cc1ccc2nc(CN3CCN(C(=O)Nc4cccc(Br)c4)CC3)oc2c1. The summed E-state index contributed by atoms with van der Waals surface area (Å²) in [7, 11) is 0. The fraction of sp³-hybridized carbons (Fsp3) is 0.300. The molecule has 0 saturated carbocycles. The number of hydrogen-bond acceptors (Lipinski definition) is 4. The molecule has 0 radical (unpaired) electrons. The second-order valence-corrected chi connectivity index (χ2v) is 7.70. The van der Waals surface area contributed by atoms with Crippen molar-refractivity contribution in [2.45, 2.75) is 13.5 Å². The standard InChI is InChI=1S/C20H21BrN4O2/c1-14-5-6-17-18(11-14)27-19(23-17)13-24-7-9-25(10-8-24)20(26)22-16-4-2-3-15(21)12-16/h2-6,11-12H,7-10,13H2,1H3,(H,22,26). The molecule has 2 aromatic carbocycles. The van der Waals surface area contributed by atoms with Crippen LogP contribution in [0.5, 0.6) is 0 Å². The maximum atomic E-state index is 12.4. The number of halogens is 1. The van der Waals surface area contributed by atoms with Crippen molar-refractivity contribution in [3.05, 3.63) is 58.4 Å². The van der Waals surface area contributed by atoms with Gasteiger partial charge in [-0.15, -0.1) is 0 Å². The lowest BCUT2D eigenvalue weighted by Crippen LogP contribution is -2.49. The molecule has 0 bridgehead atoms. The van der Waals surface area contributed by atoms with Crippen molar-refractivity contribution >= 4 is 38.7 Å². The largest absolute Gasteiger partial charge is 0.439 e. The van der Waals surface area contributed by atoms with Crippen LogP contribution >= 0.6 is 15.9 Å². The lowest BCUT2D eigenvalue weighted by molar-refractivity contribution is 0.136. The molecule has 1 aliphatic rings. The van der Waals surface area contributed by atoms with Crippen LogP contribution in [0.1, 0.15) is 11.5 Å². The molecular weight excluding hydrogens is 408 g/mol. The Kier molecular flexibility index (Phi) is 5.13. The van der Waals surface area contributed by atoms with E-state index >= 15 is 0 Å². The van der Waals surface area contributed by atoms with Crippen molar-refractivity contribution in [2.75, 3.05) is 31.5 Å². The van der Waals surface area contributed by atoms with Gasteiger partial charge in [0.25, 0.3) is 0 Å². The van der Waals surface area contributed by atoms with Gasteiger partial charge in [0.2, 0.25) is 5.89 Å². The van der Waals surface area contributed by atoms with E-state index in [0.717, 1.165) is 45.8 Å². The molecule has 0 atom stereocenters. The van der Waals surface area contributed by atoms with Crippen LogP contribution in [0.25, 0.3) is 11.1 Å². The summed E-state index contributed by atoms with van der Waals surface area (Å²) < 4.78 is 6.81. The quantitative estimate of drug-likeness (QED) is 0.677. The van der Waals surface area contributed by atoms with E-state index in [4.69, 9.17) is 4.42 Å². The summed E-state index contributed by atoms with van der Waals surface area (Å²) in [5.74, 6) is 0.725. The smallest absolute Gasteiger partial charge is 0.321 e. The number of fused-ring (bicyclic) bond motifs is 1. The van der Waals surface area contributed by atoms with Gasteiger partial charge in [0.1, 0.15) is 5.52 Å². The maximum absolute atomic E-state index is 12.4. The molecule has 27 heavy (non-hydrogen) atoms. The first-order valence-electron chi connectivity index (χ1n) is 8.97. The maximum Gasteiger partial charge on any atom is 0.321 e. The van der Waals surface area contributed by atoms with Gasteiger partial charge >= 0.3 is 6.03 Å². The van der Waals surface area contributed by atoms with Crippen LogP contribution in [0, 0.1) is 6.92 Å². The minimum atomic E-state index is -0.0647. The summed E-state index contributed by atoms with van der Waals surface area (Å²) in [5, 5.41) is 2.95. The lowest BCUT2D eigenvalue weighted by Gasteiger charge is -2.34. The van der Waals surface area contributed by atoms with E-state index in [1.807, 2.05) is 54.3 Å². The predicted octanol–water partition coefficient (Wildman–Crippen LogP) is 4.25. The third-order valence-corrected chi connectivity index (χ3v) is 5.18. The van der Waals surface area contributed by atoms with E-state index in [1.165, 1.54) is 0 Å². The molecule has 140 valence electrons. The average molecular weight is 429 g/mol. The number of nitrogens with one attached hydrogen (secondary N) is 1. The van der Waals surface area contributed by atoms with Crippen LogP contribution < -0.4 is 5.32 Å². The first kappa shape index (κ1) is 18.0. The first-order chi connectivity index (χ1) is 13.1. The van der Waals surface area contributed by atoms with Gasteiger partial charge in [-0.1, -0.05) is 28.1 Å². The van der Waals surface area contributed by atoms with E-state index in [-0.39, 0.29) is 6.03 Å². The molecule has 1 aromatic heterocycles. The van der Waals surface area contributed by atoms with Crippen molar-refractivity contribution in [1.29, 1.82) is 0 Å². The molecule has 0 spiro atoms. The number of rotatable bonds is 3. The molecule has 0 unspecified atom stereocenters. The number of piperazine rings is 1. The molecule has 2 amide bonds. The summed E-state index contributed by atoms with van der Waals surface area (Å²) in [6.45, 7) is 5.65. The van der Waals surface area contributed by atoms with E-state index < -0.39 is 0 Å². The zero-order valence-electron chi connectivity index (χ0n) is 15.1. The van der Waals surface area contributed by atoms with Crippen LogP contribution in [0.15, 0.2) is 51.4 Å². The number of aryl methyl sites for hydroxylation is 1. The Morgan fingerprint density at radius 2 is 2.00 bits per heavy atom. The Balaban J connectivity index is 1.32. The topological polar surface area (TPSA) is 61.6 Å². The number of carbonyl (C=O) groups is 1.